The van der Waals surface area contributed by atoms with E-state index in [0.29, 0.717) is 29.7 Å². The van der Waals surface area contributed by atoms with Crippen molar-refractivity contribution >= 4 is 56.2 Å². The molecule has 14 heteroatoms. The van der Waals surface area contributed by atoms with Crippen LogP contribution in [0.3, 0.4) is 0 Å². The van der Waals surface area contributed by atoms with E-state index in [9.17, 15) is 13.2 Å². The first-order chi connectivity index (χ1) is 20.0. The summed E-state index contributed by atoms with van der Waals surface area (Å²) in [5.74, 6) is 0.757. The van der Waals surface area contributed by atoms with Gasteiger partial charge < -0.3 is 25.6 Å². The lowest BCUT2D eigenvalue weighted by Gasteiger charge is -2.34. The summed E-state index contributed by atoms with van der Waals surface area (Å²) in [6, 6.07) is 8.99. The molecule has 42 heavy (non-hydrogen) atoms. The molecule has 0 radical (unpaired) electrons. The van der Waals surface area contributed by atoms with Gasteiger partial charge in [0.15, 0.2) is 20.7 Å². The number of pyridine rings is 1. The number of sulfone groups is 1. The first kappa shape index (κ1) is 31.4. The minimum Gasteiger partial charge on any atom is -0.494 e. The van der Waals surface area contributed by atoms with E-state index >= 15 is 0 Å². The first-order valence-electron chi connectivity index (χ1n) is 13.6. The molecule has 4 rings (SSSR count). The predicted molar refractivity (Wildman–Crippen MR) is 165 cm³/mol. The van der Waals surface area contributed by atoms with Crippen LogP contribution in [0.4, 0.5) is 28.8 Å². The van der Waals surface area contributed by atoms with Crippen molar-refractivity contribution < 1.29 is 17.9 Å². The maximum Gasteiger partial charge on any atom is 0.238 e. The molecule has 2 aromatic heterocycles. The lowest BCUT2D eigenvalue weighted by atomic mass is 10.0. The number of halogens is 1. The molecular formula is C28H37ClN8O4S. The molecule has 0 bridgehead atoms. The number of hydrogen-bond donors (Lipinski definition) is 3. The van der Waals surface area contributed by atoms with Crippen LogP contribution in [-0.4, -0.2) is 91.2 Å². The van der Waals surface area contributed by atoms with E-state index in [1.165, 1.54) is 19.5 Å². The summed E-state index contributed by atoms with van der Waals surface area (Å²) in [6.07, 6.45) is 4.90. The zero-order valence-electron chi connectivity index (χ0n) is 24.4. The highest BCUT2D eigenvalue weighted by Gasteiger charge is 2.25. The highest BCUT2D eigenvalue weighted by Crippen LogP contribution is 2.32. The summed E-state index contributed by atoms with van der Waals surface area (Å²) in [4.78, 5) is 29.9. The molecule has 1 aliphatic rings. The Bertz CT molecular complexity index is 1510. The van der Waals surface area contributed by atoms with E-state index in [4.69, 9.17) is 16.3 Å². The van der Waals surface area contributed by atoms with Gasteiger partial charge in [-0.05, 0) is 65.0 Å². The molecule has 1 saturated heterocycles. The molecule has 12 nitrogen and oxygen atoms in total. The van der Waals surface area contributed by atoms with Gasteiger partial charge in [-0.2, -0.15) is 4.98 Å². The van der Waals surface area contributed by atoms with E-state index in [1.807, 2.05) is 0 Å². The van der Waals surface area contributed by atoms with E-state index in [-0.39, 0.29) is 33.4 Å². The Hall–Kier alpha value is -3.52. The van der Waals surface area contributed by atoms with Crippen LogP contribution in [0.5, 0.6) is 5.75 Å². The van der Waals surface area contributed by atoms with E-state index in [2.05, 4.69) is 54.8 Å². The number of nitrogens with one attached hydrogen (secondary N) is 3. The van der Waals surface area contributed by atoms with E-state index in [0.717, 1.165) is 25.9 Å². The van der Waals surface area contributed by atoms with Gasteiger partial charge in [0.05, 0.1) is 36.5 Å². The summed E-state index contributed by atoms with van der Waals surface area (Å²) in [5, 5.41) is 8.45. The van der Waals surface area contributed by atoms with Crippen molar-refractivity contribution in [2.75, 3.05) is 56.8 Å². The Morgan fingerprint density at radius 3 is 2.55 bits per heavy atom. The van der Waals surface area contributed by atoms with Crippen molar-refractivity contribution in [3.8, 4) is 5.75 Å². The minimum absolute atomic E-state index is 0.0907. The number of nitrogens with zero attached hydrogens (tertiary/aromatic N) is 5. The third kappa shape index (κ3) is 7.65. The van der Waals surface area contributed by atoms with Gasteiger partial charge in [-0.1, -0.05) is 11.6 Å². The molecule has 1 amide bonds. The fourth-order valence-corrected chi connectivity index (χ4v) is 5.79. The first-order valence-corrected chi connectivity index (χ1v) is 15.5. The zero-order valence-corrected chi connectivity index (χ0v) is 26.0. The van der Waals surface area contributed by atoms with E-state index < -0.39 is 15.1 Å². The van der Waals surface area contributed by atoms with Crippen molar-refractivity contribution in [3.63, 3.8) is 0 Å². The lowest BCUT2D eigenvalue weighted by Crippen LogP contribution is -2.44. The van der Waals surface area contributed by atoms with Crippen LogP contribution < -0.4 is 20.7 Å². The standard InChI is InChI=1S/C28H37ClN8O4S/c1-18(2)42(39,40)27-23(7-6-12-30-27)33-26-21(29)16-31-28(35-26)34-22-9-8-19(15-24(22)41-5)32-25(38)17-37-13-10-20(11-14-37)36(3)4/h6-9,12,15-16,18,20H,10-11,13-14,17H2,1-5H3,(H,32,38)(H2,31,33,34,35). The SMILES string of the molecule is COc1cc(NC(=O)CN2CCC(N(C)C)CC2)ccc1Nc1ncc(Cl)c(Nc2cccnc2S(=O)(=O)C(C)C)n1. The average Bonchev–Trinajstić information content (AvgIpc) is 2.96. The molecule has 0 atom stereocenters. The van der Waals surface area contributed by atoms with Gasteiger partial charge in [-0.3, -0.25) is 9.69 Å². The molecule has 3 N–H and O–H groups in total. The Kier molecular flexibility index (Phi) is 10.2. The smallest absolute Gasteiger partial charge is 0.238 e. The number of benzene rings is 1. The fourth-order valence-electron chi connectivity index (χ4n) is 4.57. The van der Waals surface area contributed by atoms with Crippen LogP contribution in [0.1, 0.15) is 26.7 Å². The maximum absolute atomic E-state index is 12.8. The largest absolute Gasteiger partial charge is 0.494 e. The van der Waals surface area contributed by atoms with Crippen LogP contribution in [-0.2, 0) is 14.6 Å². The average molecular weight is 617 g/mol. The molecular weight excluding hydrogens is 580 g/mol. The van der Waals surface area contributed by atoms with Gasteiger partial charge in [0.2, 0.25) is 11.9 Å². The van der Waals surface area contributed by atoms with Crippen molar-refractivity contribution in [1.82, 2.24) is 24.8 Å². The highest BCUT2D eigenvalue weighted by molar-refractivity contribution is 7.92. The van der Waals surface area contributed by atoms with Crippen LogP contribution in [0.15, 0.2) is 47.8 Å². The van der Waals surface area contributed by atoms with Crippen molar-refractivity contribution in [2.45, 2.75) is 43.0 Å². The van der Waals surface area contributed by atoms with Gasteiger partial charge in [-0.15, -0.1) is 0 Å². The van der Waals surface area contributed by atoms with Crippen molar-refractivity contribution in [1.29, 1.82) is 0 Å². The molecule has 1 aromatic carbocycles. The molecule has 0 spiro atoms. The number of carbonyl (C=O) groups excluding carboxylic acids is 1. The maximum atomic E-state index is 12.8. The number of ether oxygens (including phenoxy) is 1. The quantitative estimate of drug-likeness (QED) is 0.286. The molecule has 226 valence electrons. The number of aromatic nitrogens is 3. The molecule has 1 fully saturated rings. The third-order valence-corrected chi connectivity index (χ3v) is 9.43. The lowest BCUT2D eigenvalue weighted by molar-refractivity contribution is -0.117. The number of hydrogen-bond acceptors (Lipinski definition) is 11. The number of carbonyl (C=O) groups is 1. The number of methoxy groups -OCH3 is 1. The number of piperidine rings is 1. The number of anilines is 5. The van der Waals surface area contributed by atoms with Gasteiger partial charge >= 0.3 is 0 Å². The molecule has 0 saturated carbocycles. The van der Waals surface area contributed by atoms with Crippen LogP contribution in [0.2, 0.25) is 5.02 Å². The highest BCUT2D eigenvalue weighted by atomic mass is 35.5. The summed E-state index contributed by atoms with van der Waals surface area (Å²) < 4.78 is 31.2. The third-order valence-electron chi connectivity index (χ3n) is 7.04. The molecule has 0 unspecified atom stereocenters. The topological polar surface area (TPSA) is 142 Å². The molecule has 3 heterocycles. The molecule has 0 aliphatic carbocycles. The van der Waals surface area contributed by atoms with Gasteiger partial charge in [0.1, 0.15) is 10.8 Å². The predicted octanol–water partition coefficient (Wildman–Crippen LogP) is 4.17. The van der Waals surface area contributed by atoms with Crippen molar-refractivity contribution in [2.24, 2.45) is 0 Å². The number of rotatable bonds is 11. The Morgan fingerprint density at radius 2 is 1.88 bits per heavy atom. The second kappa shape index (κ2) is 13.6. The zero-order chi connectivity index (χ0) is 30.4. The Morgan fingerprint density at radius 1 is 1.14 bits per heavy atom. The second-order valence-electron chi connectivity index (χ2n) is 10.5. The number of likely N-dealkylation sites (tertiary alicyclic amines) is 1. The van der Waals surface area contributed by atoms with Crippen LogP contribution >= 0.6 is 11.6 Å². The summed E-state index contributed by atoms with van der Waals surface area (Å²) >= 11 is 6.34. The van der Waals surface area contributed by atoms with E-state index in [1.54, 1.807) is 44.2 Å². The Balaban J connectivity index is 1.45. The second-order valence-corrected chi connectivity index (χ2v) is 13.4. The van der Waals surface area contributed by atoms with Gasteiger partial charge in [-0.25, -0.2) is 18.4 Å². The molecule has 1 aliphatic heterocycles. The van der Waals surface area contributed by atoms with Crippen molar-refractivity contribution in [3.05, 3.63) is 47.7 Å². The number of amides is 1. The fraction of sp³-hybridized carbons (Fsp3) is 0.429. The van der Waals surface area contributed by atoms with Crippen LogP contribution in [0.25, 0.3) is 0 Å². The summed E-state index contributed by atoms with van der Waals surface area (Å²) in [6.45, 7) is 5.28. The normalized spacial score (nSPS) is 14.7. The summed E-state index contributed by atoms with van der Waals surface area (Å²) in [7, 11) is 2.04. The molecule has 3 aromatic rings. The van der Waals surface area contributed by atoms with Crippen LogP contribution in [0, 0.1) is 0 Å². The summed E-state index contributed by atoms with van der Waals surface area (Å²) in [5.41, 5.74) is 1.40. The van der Waals surface area contributed by atoms with Gasteiger partial charge in [0.25, 0.3) is 0 Å². The monoisotopic (exact) mass is 616 g/mol. The Labute approximate surface area is 251 Å². The minimum atomic E-state index is -3.66. The van der Waals surface area contributed by atoms with Gasteiger partial charge in [0, 0.05) is 37.1 Å².